The first-order valence-electron chi connectivity index (χ1n) is 8.03. The van der Waals surface area contributed by atoms with E-state index >= 15 is 0 Å². The van der Waals surface area contributed by atoms with E-state index < -0.39 is 17.5 Å². The SMILES string of the molecule is N#Cc1ccc(NC2CCN(Cc3cc(F)c(F)c(F)c3)CC2)nc1. The molecule has 1 aromatic carbocycles. The van der Waals surface area contributed by atoms with Gasteiger partial charge in [-0.2, -0.15) is 5.26 Å². The number of halogens is 3. The fraction of sp³-hybridized carbons (Fsp3) is 0.333. The molecule has 0 atom stereocenters. The van der Waals surface area contributed by atoms with Crippen LogP contribution in [-0.2, 0) is 6.54 Å². The van der Waals surface area contributed by atoms with E-state index in [-0.39, 0.29) is 6.04 Å². The molecule has 3 rings (SSSR count). The topological polar surface area (TPSA) is 52.0 Å². The Morgan fingerprint density at radius 1 is 1.16 bits per heavy atom. The molecule has 1 saturated heterocycles. The van der Waals surface area contributed by atoms with Gasteiger partial charge in [0.05, 0.1) is 5.56 Å². The predicted molar refractivity (Wildman–Crippen MR) is 87.2 cm³/mol. The molecule has 130 valence electrons. The lowest BCUT2D eigenvalue weighted by molar-refractivity contribution is 0.210. The number of likely N-dealkylation sites (tertiary alicyclic amines) is 1. The summed E-state index contributed by atoms with van der Waals surface area (Å²) in [6.45, 7) is 1.90. The molecule has 1 aliphatic rings. The highest BCUT2D eigenvalue weighted by molar-refractivity contribution is 5.39. The van der Waals surface area contributed by atoms with E-state index in [0.717, 1.165) is 43.9 Å². The summed E-state index contributed by atoms with van der Waals surface area (Å²) >= 11 is 0. The molecule has 0 bridgehead atoms. The van der Waals surface area contributed by atoms with Crippen molar-refractivity contribution in [2.24, 2.45) is 0 Å². The number of piperidine rings is 1. The van der Waals surface area contributed by atoms with E-state index in [0.29, 0.717) is 17.7 Å². The second-order valence-electron chi connectivity index (χ2n) is 6.11. The minimum atomic E-state index is -1.43. The van der Waals surface area contributed by atoms with E-state index in [1.54, 1.807) is 12.1 Å². The smallest absolute Gasteiger partial charge is 0.194 e. The van der Waals surface area contributed by atoms with E-state index in [1.807, 2.05) is 6.07 Å². The van der Waals surface area contributed by atoms with Gasteiger partial charge in [-0.15, -0.1) is 0 Å². The second-order valence-corrected chi connectivity index (χ2v) is 6.11. The van der Waals surface area contributed by atoms with Crippen molar-refractivity contribution < 1.29 is 13.2 Å². The minimum Gasteiger partial charge on any atom is -0.367 e. The number of anilines is 1. The highest BCUT2D eigenvalue weighted by Gasteiger charge is 2.20. The third-order valence-corrected chi connectivity index (χ3v) is 4.28. The molecule has 0 saturated carbocycles. The van der Waals surface area contributed by atoms with E-state index in [1.165, 1.54) is 6.20 Å². The Morgan fingerprint density at radius 3 is 2.40 bits per heavy atom. The number of nitrogens with one attached hydrogen (secondary N) is 1. The van der Waals surface area contributed by atoms with Gasteiger partial charge in [0.25, 0.3) is 0 Å². The average molecular weight is 346 g/mol. The van der Waals surface area contributed by atoms with Crippen LogP contribution in [0.2, 0.25) is 0 Å². The Kier molecular flexibility index (Phi) is 5.19. The number of nitrogens with zero attached hydrogens (tertiary/aromatic N) is 3. The standard InChI is InChI=1S/C18H17F3N4/c19-15-7-13(8-16(20)18(15)21)11-25-5-3-14(4-6-25)24-17-2-1-12(9-22)10-23-17/h1-2,7-8,10,14H,3-6,11H2,(H,23,24). The summed E-state index contributed by atoms with van der Waals surface area (Å²) in [4.78, 5) is 6.27. The molecular weight excluding hydrogens is 329 g/mol. The summed E-state index contributed by atoms with van der Waals surface area (Å²) in [7, 11) is 0. The van der Waals surface area contributed by atoms with Gasteiger partial charge in [-0.1, -0.05) is 0 Å². The normalized spacial score (nSPS) is 15.8. The van der Waals surface area contributed by atoms with Crippen molar-refractivity contribution in [2.45, 2.75) is 25.4 Å². The lowest BCUT2D eigenvalue weighted by atomic mass is 10.0. The summed E-state index contributed by atoms with van der Waals surface area (Å²) in [6.07, 6.45) is 3.23. The van der Waals surface area contributed by atoms with Crippen LogP contribution in [-0.4, -0.2) is 29.0 Å². The van der Waals surface area contributed by atoms with Crippen LogP contribution in [0.4, 0.5) is 19.0 Å². The van der Waals surface area contributed by atoms with Crippen molar-refractivity contribution in [3.8, 4) is 6.07 Å². The number of hydrogen-bond donors (Lipinski definition) is 1. The van der Waals surface area contributed by atoms with Crippen molar-refractivity contribution in [1.82, 2.24) is 9.88 Å². The molecule has 2 aromatic rings. The first-order chi connectivity index (χ1) is 12.0. The largest absolute Gasteiger partial charge is 0.367 e. The first kappa shape index (κ1) is 17.2. The lowest BCUT2D eigenvalue weighted by Gasteiger charge is -2.32. The second kappa shape index (κ2) is 7.53. The summed E-state index contributed by atoms with van der Waals surface area (Å²) in [6, 6.07) is 7.85. The molecule has 0 radical (unpaired) electrons. The fourth-order valence-corrected chi connectivity index (χ4v) is 2.95. The number of hydrogen-bond acceptors (Lipinski definition) is 4. The molecule has 1 aromatic heterocycles. The number of pyridine rings is 1. The molecule has 7 heteroatoms. The van der Waals surface area contributed by atoms with Gasteiger partial charge in [-0.3, -0.25) is 4.90 Å². The Morgan fingerprint density at radius 2 is 1.84 bits per heavy atom. The highest BCUT2D eigenvalue weighted by atomic mass is 19.2. The quantitative estimate of drug-likeness (QED) is 0.862. The third kappa shape index (κ3) is 4.28. The van der Waals surface area contributed by atoms with Gasteiger partial charge in [0.2, 0.25) is 0 Å². The monoisotopic (exact) mass is 346 g/mol. The van der Waals surface area contributed by atoms with Crippen LogP contribution < -0.4 is 5.32 Å². The van der Waals surface area contributed by atoms with Gasteiger partial charge >= 0.3 is 0 Å². The van der Waals surface area contributed by atoms with Gasteiger partial charge in [-0.05, 0) is 42.7 Å². The average Bonchev–Trinajstić information content (AvgIpc) is 2.62. The molecule has 1 aliphatic heterocycles. The highest BCUT2D eigenvalue weighted by Crippen LogP contribution is 2.19. The van der Waals surface area contributed by atoms with Gasteiger partial charge in [0.1, 0.15) is 11.9 Å². The molecule has 1 N–H and O–H groups in total. The van der Waals surface area contributed by atoms with Crippen molar-refractivity contribution in [3.63, 3.8) is 0 Å². The van der Waals surface area contributed by atoms with Gasteiger partial charge < -0.3 is 5.32 Å². The molecule has 0 amide bonds. The summed E-state index contributed by atoms with van der Waals surface area (Å²) in [5.74, 6) is -3.02. The maximum absolute atomic E-state index is 13.3. The molecule has 0 spiro atoms. The number of benzene rings is 1. The maximum atomic E-state index is 13.3. The molecular formula is C18H17F3N4. The summed E-state index contributed by atoms with van der Waals surface area (Å²) in [5, 5.41) is 12.1. The van der Waals surface area contributed by atoms with Crippen LogP contribution in [0.25, 0.3) is 0 Å². The Hall–Kier alpha value is -2.59. The molecule has 25 heavy (non-hydrogen) atoms. The number of rotatable bonds is 4. The van der Waals surface area contributed by atoms with Crippen LogP contribution in [0.5, 0.6) is 0 Å². The number of nitriles is 1. The Bertz CT molecular complexity index is 755. The molecule has 2 heterocycles. The zero-order chi connectivity index (χ0) is 17.8. The van der Waals surface area contributed by atoms with Crippen molar-refractivity contribution in [3.05, 3.63) is 59.0 Å². The van der Waals surface area contributed by atoms with Crippen LogP contribution in [0.1, 0.15) is 24.0 Å². The first-order valence-corrected chi connectivity index (χ1v) is 8.03. The van der Waals surface area contributed by atoms with E-state index in [4.69, 9.17) is 5.26 Å². The molecule has 1 fully saturated rings. The third-order valence-electron chi connectivity index (χ3n) is 4.28. The number of aromatic nitrogens is 1. The summed E-state index contributed by atoms with van der Waals surface area (Å²) in [5.41, 5.74) is 0.940. The maximum Gasteiger partial charge on any atom is 0.194 e. The minimum absolute atomic E-state index is 0.248. The van der Waals surface area contributed by atoms with Crippen LogP contribution in [0, 0.1) is 28.8 Å². The van der Waals surface area contributed by atoms with E-state index in [2.05, 4.69) is 15.2 Å². The van der Waals surface area contributed by atoms with Crippen LogP contribution in [0.15, 0.2) is 30.5 Å². The lowest BCUT2D eigenvalue weighted by Crippen LogP contribution is -2.38. The Balaban J connectivity index is 1.52. The Labute approximate surface area is 143 Å². The van der Waals surface area contributed by atoms with Crippen molar-refractivity contribution in [1.29, 1.82) is 5.26 Å². The van der Waals surface area contributed by atoms with Crippen molar-refractivity contribution >= 4 is 5.82 Å². The zero-order valence-electron chi connectivity index (χ0n) is 13.5. The van der Waals surface area contributed by atoms with E-state index in [9.17, 15) is 13.2 Å². The van der Waals surface area contributed by atoms with Crippen molar-refractivity contribution in [2.75, 3.05) is 18.4 Å². The van der Waals surface area contributed by atoms with Gasteiger partial charge in [0.15, 0.2) is 17.5 Å². The van der Waals surface area contributed by atoms with Gasteiger partial charge in [0, 0.05) is 31.9 Å². The fourth-order valence-electron chi connectivity index (χ4n) is 2.95. The molecule has 4 nitrogen and oxygen atoms in total. The van der Waals surface area contributed by atoms with Crippen LogP contribution in [0.3, 0.4) is 0 Å². The molecule has 0 unspecified atom stereocenters. The van der Waals surface area contributed by atoms with Gasteiger partial charge in [-0.25, -0.2) is 18.2 Å². The summed E-state index contributed by atoms with van der Waals surface area (Å²) < 4.78 is 39.6. The zero-order valence-corrected chi connectivity index (χ0v) is 13.5. The van der Waals surface area contributed by atoms with Crippen LogP contribution >= 0.6 is 0 Å². The predicted octanol–water partition coefficient (Wildman–Crippen LogP) is 3.45. The molecule has 0 aliphatic carbocycles.